The van der Waals surface area contributed by atoms with E-state index in [9.17, 15) is 4.79 Å². The van der Waals surface area contributed by atoms with Crippen LogP contribution in [0.5, 0.6) is 11.5 Å². The van der Waals surface area contributed by atoms with E-state index < -0.39 is 0 Å². The van der Waals surface area contributed by atoms with E-state index in [1.807, 2.05) is 13.8 Å². The minimum absolute atomic E-state index is 0.162. The molecule has 148 valence electrons. The van der Waals surface area contributed by atoms with Crippen molar-refractivity contribution < 1.29 is 14.3 Å². The van der Waals surface area contributed by atoms with Crippen LogP contribution in [-0.2, 0) is 11.2 Å². The fourth-order valence-corrected chi connectivity index (χ4v) is 4.56. The maximum absolute atomic E-state index is 11.5. The van der Waals surface area contributed by atoms with E-state index in [1.165, 1.54) is 44.6 Å². The molecule has 3 heteroatoms. The summed E-state index contributed by atoms with van der Waals surface area (Å²) in [4.78, 5) is 11.5. The lowest BCUT2D eigenvalue weighted by Crippen LogP contribution is -2.36. The molecule has 1 heterocycles. The van der Waals surface area contributed by atoms with Gasteiger partial charge in [0.05, 0.1) is 0 Å². The van der Waals surface area contributed by atoms with Crippen molar-refractivity contribution in [3.05, 3.63) is 34.4 Å². The molecule has 3 rings (SSSR count). The van der Waals surface area contributed by atoms with Crippen molar-refractivity contribution in [1.29, 1.82) is 0 Å². The first kappa shape index (κ1) is 20.0. The van der Waals surface area contributed by atoms with Gasteiger partial charge in [-0.25, -0.2) is 0 Å². The molecule has 2 aliphatic rings. The molecule has 1 saturated carbocycles. The maximum Gasteiger partial charge on any atom is 0.308 e. The highest BCUT2D eigenvalue weighted by molar-refractivity contribution is 5.72. The molecule has 27 heavy (non-hydrogen) atoms. The summed E-state index contributed by atoms with van der Waals surface area (Å²) < 4.78 is 12.1. The van der Waals surface area contributed by atoms with Crippen LogP contribution in [0, 0.1) is 26.7 Å². The van der Waals surface area contributed by atoms with Crippen molar-refractivity contribution in [3.8, 4) is 11.5 Å². The third kappa shape index (κ3) is 4.39. The molecule has 0 saturated heterocycles. The summed E-state index contributed by atoms with van der Waals surface area (Å²) in [5.74, 6) is 2.20. The number of hydrogen-bond acceptors (Lipinski definition) is 3. The molecule has 1 aliphatic heterocycles. The topological polar surface area (TPSA) is 35.5 Å². The Labute approximate surface area is 164 Å². The van der Waals surface area contributed by atoms with E-state index in [2.05, 4.69) is 26.0 Å². The van der Waals surface area contributed by atoms with Crippen LogP contribution in [0.2, 0.25) is 0 Å². The molecule has 1 atom stereocenters. The average molecular weight is 371 g/mol. The molecular weight excluding hydrogens is 336 g/mol. The van der Waals surface area contributed by atoms with Crippen LogP contribution in [0.15, 0.2) is 12.2 Å². The number of benzene rings is 1. The fourth-order valence-electron chi connectivity index (χ4n) is 4.56. The first-order valence-electron chi connectivity index (χ1n) is 10.5. The van der Waals surface area contributed by atoms with E-state index in [0.717, 1.165) is 47.6 Å². The number of ether oxygens (including phenoxy) is 2. The Balaban J connectivity index is 1.78. The van der Waals surface area contributed by atoms with Gasteiger partial charge >= 0.3 is 5.97 Å². The molecule has 0 bridgehead atoms. The molecule has 0 N–H and O–H groups in total. The second kappa shape index (κ2) is 8.08. The Morgan fingerprint density at radius 1 is 1.15 bits per heavy atom. The molecule has 0 radical (unpaired) electrons. The van der Waals surface area contributed by atoms with Crippen LogP contribution in [0.4, 0.5) is 0 Å². The molecule has 1 aliphatic carbocycles. The Morgan fingerprint density at radius 2 is 1.85 bits per heavy atom. The number of fused-ring (bicyclic) bond motifs is 1. The van der Waals surface area contributed by atoms with Crippen molar-refractivity contribution in [2.24, 2.45) is 5.92 Å². The van der Waals surface area contributed by atoms with Gasteiger partial charge in [0.1, 0.15) is 17.1 Å². The minimum Gasteiger partial charge on any atom is -0.487 e. The van der Waals surface area contributed by atoms with Gasteiger partial charge in [-0.15, -0.1) is 0 Å². The van der Waals surface area contributed by atoms with Crippen LogP contribution >= 0.6 is 0 Å². The normalized spacial score (nSPS) is 23.1. The summed E-state index contributed by atoms with van der Waals surface area (Å²) >= 11 is 0. The third-order valence-corrected chi connectivity index (χ3v) is 6.42. The predicted octanol–water partition coefficient (Wildman–Crippen LogP) is 6.15. The number of carbonyl (C=O) groups excluding carboxylic acids is 1. The summed E-state index contributed by atoms with van der Waals surface area (Å²) in [6.45, 7) is 9.81. The van der Waals surface area contributed by atoms with Gasteiger partial charge < -0.3 is 9.47 Å². The van der Waals surface area contributed by atoms with Gasteiger partial charge in [-0.3, -0.25) is 4.79 Å². The fraction of sp³-hybridized carbons (Fsp3) is 0.625. The largest absolute Gasteiger partial charge is 0.487 e. The highest BCUT2D eigenvalue weighted by Gasteiger charge is 2.34. The highest BCUT2D eigenvalue weighted by Crippen LogP contribution is 2.44. The van der Waals surface area contributed by atoms with Crippen molar-refractivity contribution in [2.75, 3.05) is 0 Å². The number of allylic oxidation sites excluding steroid dienone is 1. The lowest BCUT2D eigenvalue weighted by Gasteiger charge is -2.37. The predicted molar refractivity (Wildman–Crippen MR) is 110 cm³/mol. The molecule has 0 unspecified atom stereocenters. The standard InChI is InChI=1S/C24H34O3/c1-16-17(2)23-21(18(3)22(16)26-19(4)25)13-15-24(5,27-23)14-9-12-20-10-7-6-8-11-20/h9,12,20H,6-8,10-11,13-15H2,1-5H3/t24-/m1/s1. The van der Waals surface area contributed by atoms with Gasteiger partial charge in [-0.2, -0.15) is 0 Å². The van der Waals surface area contributed by atoms with Gasteiger partial charge in [-0.05, 0) is 76.0 Å². The Morgan fingerprint density at radius 3 is 2.52 bits per heavy atom. The van der Waals surface area contributed by atoms with E-state index in [1.54, 1.807) is 0 Å². The first-order chi connectivity index (χ1) is 12.8. The molecule has 0 spiro atoms. The van der Waals surface area contributed by atoms with Crippen LogP contribution in [0.25, 0.3) is 0 Å². The summed E-state index contributed by atoms with van der Waals surface area (Å²) in [6, 6.07) is 0. The molecule has 1 aromatic carbocycles. The maximum atomic E-state index is 11.5. The van der Waals surface area contributed by atoms with E-state index in [-0.39, 0.29) is 11.6 Å². The molecule has 0 aromatic heterocycles. The van der Waals surface area contributed by atoms with Crippen LogP contribution < -0.4 is 9.47 Å². The molecule has 1 fully saturated rings. The molecule has 0 amide bonds. The zero-order valence-corrected chi connectivity index (χ0v) is 17.6. The minimum atomic E-state index is -0.269. The van der Waals surface area contributed by atoms with Crippen molar-refractivity contribution >= 4 is 5.97 Å². The second-order valence-electron chi connectivity index (χ2n) is 8.69. The lowest BCUT2D eigenvalue weighted by atomic mass is 9.84. The molecule has 1 aromatic rings. The van der Waals surface area contributed by atoms with Crippen LogP contribution in [0.3, 0.4) is 0 Å². The SMILES string of the molecule is CC(=O)Oc1c(C)c(C)c2c(c1C)CC[C@@](C)(CC=CC1CCCCC1)O2. The number of carbonyl (C=O) groups is 1. The van der Waals surface area contributed by atoms with E-state index >= 15 is 0 Å². The van der Waals surface area contributed by atoms with Gasteiger partial charge in [0.25, 0.3) is 0 Å². The summed E-state index contributed by atoms with van der Waals surface area (Å²) in [6.07, 6.45) is 14.5. The number of rotatable bonds is 4. The molecular formula is C24H34O3. The Bertz CT molecular complexity index is 741. The molecule has 3 nitrogen and oxygen atoms in total. The number of esters is 1. The van der Waals surface area contributed by atoms with Gasteiger partial charge in [0, 0.05) is 18.9 Å². The quantitative estimate of drug-likeness (QED) is 0.362. The van der Waals surface area contributed by atoms with Crippen LogP contribution in [0.1, 0.15) is 81.0 Å². The zero-order chi connectivity index (χ0) is 19.6. The highest BCUT2D eigenvalue weighted by atomic mass is 16.5. The Hall–Kier alpha value is -1.77. The monoisotopic (exact) mass is 370 g/mol. The van der Waals surface area contributed by atoms with Gasteiger partial charge in [0.2, 0.25) is 0 Å². The first-order valence-corrected chi connectivity index (χ1v) is 10.5. The second-order valence-corrected chi connectivity index (χ2v) is 8.69. The summed E-state index contributed by atoms with van der Waals surface area (Å²) in [7, 11) is 0. The smallest absolute Gasteiger partial charge is 0.308 e. The van der Waals surface area contributed by atoms with Crippen molar-refractivity contribution in [2.45, 2.75) is 91.6 Å². The van der Waals surface area contributed by atoms with E-state index in [4.69, 9.17) is 9.47 Å². The summed E-state index contributed by atoms with van der Waals surface area (Å²) in [5, 5.41) is 0. The number of hydrogen-bond donors (Lipinski definition) is 0. The average Bonchev–Trinajstić information content (AvgIpc) is 2.64. The third-order valence-electron chi connectivity index (χ3n) is 6.42. The summed E-state index contributed by atoms with van der Waals surface area (Å²) in [5.41, 5.74) is 4.17. The van der Waals surface area contributed by atoms with Crippen molar-refractivity contribution in [1.82, 2.24) is 0 Å². The lowest BCUT2D eigenvalue weighted by molar-refractivity contribution is -0.132. The van der Waals surface area contributed by atoms with E-state index in [0.29, 0.717) is 5.75 Å². The van der Waals surface area contributed by atoms with Crippen molar-refractivity contribution in [3.63, 3.8) is 0 Å². The van der Waals surface area contributed by atoms with Gasteiger partial charge in [-0.1, -0.05) is 31.4 Å². The van der Waals surface area contributed by atoms with Gasteiger partial charge in [0.15, 0.2) is 0 Å². The Kier molecular flexibility index (Phi) is 5.98. The zero-order valence-electron chi connectivity index (χ0n) is 17.6. The van der Waals surface area contributed by atoms with Crippen LogP contribution in [-0.4, -0.2) is 11.6 Å².